The number of hydrogen-bond acceptors (Lipinski definition) is 0. The molecular formula is C11H20. The number of hydrogen-bond donors (Lipinski definition) is 0. The molecule has 64 valence electrons. The third-order valence-electron chi connectivity index (χ3n) is 3.73. The maximum Gasteiger partial charge on any atom is -0.0383 e. The van der Waals surface area contributed by atoms with Gasteiger partial charge in [0.15, 0.2) is 0 Å². The van der Waals surface area contributed by atoms with Crippen LogP contribution in [0.25, 0.3) is 0 Å². The third-order valence-corrected chi connectivity index (χ3v) is 3.73. The zero-order valence-corrected chi connectivity index (χ0v) is 7.68. The zero-order valence-electron chi connectivity index (χ0n) is 7.68. The van der Waals surface area contributed by atoms with Crippen LogP contribution in [0.1, 0.15) is 51.9 Å². The summed E-state index contributed by atoms with van der Waals surface area (Å²) in [6, 6.07) is 0. The summed E-state index contributed by atoms with van der Waals surface area (Å²) in [6.07, 6.45) is 10.8. The highest BCUT2D eigenvalue weighted by Gasteiger charge is 2.31. The second kappa shape index (κ2) is 3.16. The third kappa shape index (κ3) is 1.60. The Morgan fingerprint density at radius 2 is 1.36 bits per heavy atom. The van der Waals surface area contributed by atoms with Crippen LogP contribution in [0.15, 0.2) is 0 Å². The molecule has 3 atom stereocenters. The molecule has 0 aliphatic heterocycles. The van der Waals surface area contributed by atoms with Gasteiger partial charge < -0.3 is 0 Å². The molecule has 0 aromatic rings. The first-order valence-electron chi connectivity index (χ1n) is 5.36. The molecule has 2 fully saturated rings. The lowest BCUT2D eigenvalue weighted by atomic mass is 9.92. The zero-order chi connectivity index (χ0) is 7.68. The molecule has 0 nitrogen and oxygen atoms in total. The maximum atomic E-state index is 2.44. The maximum absolute atomic E-state index is 2.44. The average Bonchev–Trinajstić information content (AvgIpc) is 2.17. The van der Waals surface area contributed by atoms with Crippen molar-refractivity contribution in [2.24, 2.45) is 17.8 Å². The van der Waals surface area contributed by atoms with Crippen molar-refractivity contribution in [3.8, 4) is 0 Å². The molecule has 11 heavy (non-hydrogen) atoms. The topological polar surface area (TPSA) is 0 Å². The van der Waals surface area contributed by atoms with E-state index in [0.717, 1.165) is 17.8 Å². The van der Waals surface area contributed by atoms with Gasteiger partial charge in [0.1, 0.15) is 0 Å². The SMILES string of the molecule is CC1CC2CCCCC[C@@H]2C1. The minimum atomic E-state index is 1.04. The Kier molecular flexibility index (Phi) is 2.20. The summed E-state index contributed by atoms with van der Waals surface area (Å²) in [6.45, 7) is 2.44. The molecule has 0 spiro atoms. The van der Waals surface area contributed by atoms with Gasteiger partial charge in [0.2, 0.25) is 0 Å². The van der Waals surface area contributed by atoms with Crippen LogP contribution in [0.5, 0.6) is 0 Å². The Morgan fingerprint density at radius 3 is 1.91 bits per heavy atom. The van der Waals surface area contributed by atoms with Crippen LogP contribution >= 0.6 is 0 Å². The Balaban J connectivity index is 1.96. The predicted octanol–water partition coefficient (Wildman–Crippen LogP) is 3.61. The highest BCUT2D eigenvalue weighted by molar-refractivity contribution is 4.83. The highest BCUT2D eigenvalue weighted by atomic mass is 14.4. The van der Waals surface area contributed by atoms with Gasteiger partial charge >= 0.3 is 0 Å². The summed E-state index contributed by atoms with van der Waals surface area (Å²) in [5.41, 5.74) is 0. The minimum Gasteiger partial charge on any atom is -0.0625 e. The van der Waals surface area contributed by atoms with Gasteiger partial charge in [-0.2, -0.15) is 0 Å². The van der Waals surface area contributed by atoms with Crippen molar-refractivity contribution in [3.63, 3.8) is 0 Å². The van der Waals surface area contributed by atoms with Gasteiger partial charge in [0, 0.05) is 0 Å². The lowest BCUT2D eigenvalue weighted by Crippen LogP contribution is -2.04. The largest absolute Gasteiger partial charge is 0.0625 e. The summed E-state index contributed by atoms with van der Waals surface area (Å²) >= 11 is 0. The van der Waals surface area contributed by atoms with Gasteiger partial charge in [-0.05, 0) is 30.6 Å². The highest BCUT2D eigenvalue weighted by Crippen LogP contribution is 2.43. The van der Waals surface area contributed by atoms with E-state index in [1.54, 1.807) is 25.7 Å². The first-order chi connectivity index (χ1) is 5.36. The summed E-state index contributed by atoms with van der Waals surface area (Å²) in [5, 5.41) is 0. The summed E-state index contributed by atoms with van der Waals surface area (Å²) in [4.78, 5) is 0. The van der Waals surface area contributed by atoms with Crippen molar-refractivity contribution < 1.29 is 0 Å². The van der Waals surface area contributed by atoms with Crippen LogP contribution in [-0.2, 0) is 0 Å². The molecule has 0 bridgehead atoms. The summed E-state index contributed by atoms with van der Waals surface area (Å²) < 4.78 is 0. The predicted molar refractivity (Wildman–Crippen MR) is 48.5 cm³/mol. The van der Waals surface area contributed by atoms with E-state index in [2.05, 4.69) is 6.92 Å². The van der Waals surface area contributed by atoms with Crippen LogP contribution in [0.4, 0.5) is 0 Å². The number of fused-ring (bicyclic) bond motifs is 1. The second-order valence-corrected chi connectivity index (χ2v) is 4.73. The smallest absolute Gasteiger partial charge is 0.0383 e. The monoisotopic (exact) mass is 152 g/mol. The molecule has 0 aromatic heterocycles. The molecule has 0 heteroatoms. The van der Waals surface area contributed by atoms with Crippen molar-refractivity contribution in [2.75, 3.05) is 0 Å². The van der Waals surface area contributed by atoms with Crippen molar-refractivity contribution >= 4 is 0 Å². The summed E-state index contributed by atoms with van der Waals surface area (Å²) in [5.74, 6) is 3.31. The fraction of sp³-hybridized carbons (Fsp3) is 1.00. The van der Waals surface area contributed by atoms with Crippen molar-refractivity contribution in [1.29, 1.82) is 0 Å². The van der Waals surface area contributed by atoms with E-state index in [-0.39, 0.29) is 0 Å². The molecule has 0 radical (unpaired) electrons. The molecule has 2 aliphatic rings. The van der Waals surface area contributed by atoms with E-state index in [0.29, 0.717) is 0 Å². The Bertz CT molecular complexity index is 114. The molecule has 2 aliphatic carbocycles. The van der Waals surface area contributed by atoms with E-state index in [1.807, 2.05) is 0 Å². The van der Waals surface area contributed by atoms with E-state index in [1.165, 1.54) is 19.3 Å². The molecule has 2 unspecified atom stereocenters. The van der Waals surface area contributed by atoms with Crippen LogP contribution in [-0.4, -0.2) is 0 Å². The van der Waals surface area contributed by atoms with Gasteiger partial charge in [-0.1, -0.05) is 39.0 Å². The summed E-state index contributed by atoms with van der Waals surface area (Å²) in [7, 11) is 0. The quantitative estimate of drug-likeness (QED) is 0.497. The molecular weight excluding hydrogens is 132 g/mol. The fourth-order valence-electron chi connectivity index (χ4n) is 3.21. The van der Waals surface area contributed by atoms with Crippen LogP contribution < -0.4 is 0 Å². The van der Waals surface area contributed by atoms with Crippen molar-refractivity contribution in [1.82, 2.24) is 0 Å². The standard InChI is InChI=1S/C11H20/c1-9-7-10-5-3-2-4-6-11(10)8-9/h9-11H,2-8H2,1H3/t9?,10-,11?/m1/s1. The van der Waals surface area contributed by atoms with Crippen LogP contribution in [0.3, 0.4) is 0 Å². The molecule has 2 saturated carbocycles. The lowest BCUT2D eigenvalue weighted by molar-refractivity contribution is 0.367. The van der Waals surface area contributed by atoms with E-state index < -0.39 is 0 Å². The van der Waals surface area contributed by atoms with Gasteiger partial charge in [-0.25, -0.2) is 0 Å². The van der Waals surface area contributed by atoms with E-state index in [9.17, 15) is 0 Å². The molecule has 0 saturated heterocycles. The van der Waals surface area contributed by atoms with Gasteiger partial charge in [-0.3, -0.25) is 0 Å². The first kappa shape index (κ1) is 7.64. The second-order valence-electron chi connectivity index (χ2n) is 4.73. The van der Waals surface area contributed by atoms with E-state index >= 15 is 0 Å². The molecule has 0 aromatic carbocycles. The molecule has 0 amide bonds. The van der Waals surface area contributed by atoms with Gasteiger partial charge in [0.25, 0.3) is 0 Å². The Labute approximate surface area is 70.4 Å². The molecule has 2 rings (SSSR count). The van der Waals surface area contributed by atoms with Crippen LogP contribution in [0, 0.1) is 17.8 Å². The van der Waals surface area contributed by atoms with E-state index in [4.69, 9.17) is 0 Å². The van der Waals surface area contributed by atoms with Gasteiger partial charge in [-0.15, -0.1) is 0 Å². The van der Waals surface area contributed by atoms with Crippen molar-refractivity contribution in [3.05, 3.63) is 0 Å². The normalized spacial score (nSPS) is 45.0. The van der Waals surface area contributed by atoms with Crippen LogP contribution in [0.2, 0.25) is 0 Å². The fourth-order valence-corrected chi connectivity index (χ4v) is 3.21. The van der Waals surface area contributed by atoms with Crippen molar-refractivity contribution in [2.45, 2.75) is 51.9 Å². The Hall–Kier alpha value is 0. The average molecular weight is 152 g/mol. The number of rotatable bonds is 0. The first-order valence-corrected chi connectivity index (χ1v) is 5.36. The lowest BCUT2D eigenvalue weighted by Gasteiger charge is -2.14. The molecule has 0 heterocycles. The molecule has 0 N–H and O–H groups in total. The van der Waals surface area contributed by atoms with Gasteiger partial charge in [0.05, 0.1) is 0 Å². The Morgan fingerprint density at radius 1 is 0.818 bits per heavy atom. The minimum absolute atomic E-state index is 1.04.